The van der Waals surface area contributed by atoms with Crippen molar-refractivity contribution in [1.82, 2.24) is 0 Å². The summed E-state index contributed by atoms with van der Waals surface area (Å²) in [5.41, 5.74) is 10.4. The maximum Gasteiger partial charge on any atom is 0.0648 e. The molecule has 2 N–H and O–H groups in total. The average Bonchev–Trinajstić information content (AvgIpc) is 2.85. The molecule has 0 aliphatic carbocycles. The normalized spacial score (nSPS) is 12.9. The van der Waals surface area contributed by atoms with Gasteiger partial charge in [-0.3, -0.25) is 0 Å². The van der Waals surface area contributed by atoms with Crippen molar-refractivity contribution in [3.63, 3.8) is 0 Å². The van der Waals surface area contributed by atoms with Gasteiger partial charge in [0, 0.05) is 4.88 Å². The molecular formula is C17H23NS. The average molecular weight is 273 g/mol. The highest BCUT2D eigenvalue weighted by Gasteiger charge is 2.14. The zero-order chi connectivity index (χ0) is 13.8. The molecular weight excluding hydrogens is 250 g/mol. The second-order valence-electron chi connectivity index (χ2n) is 5.48. The van der Waals surface area contributed by atoms with Crippen LogP contribution in [0.3, 0.4) is 0 Å². The summed E-state index contributed by atoms with van der Waals surface area (Å²) < 4.78 is 0. The van der Waals surface area contributed by atoms with Gasteiger partial charge in [0.15, 0.2) is 0 Å². The molecule has 0 spiro atoms. The van der Waals surface area contributed by atoms with Crippen molar-refractivity contribution in [2.24, 2.45) is 11.7 Å². The van der Waals surface area contributed by atoms with Crippen molar-refractivity contribution in [3.8, 4) is 0 Å². The van der Waals surface area contributed by atoms with Crippen LogP contribution in [0.1, 0.15) is 48.4 Å². The Bertz CT molecular complexity index is 528. The van der Waals surface area contributed by atoms with E-state index in [0.29, 0.717) is 5.92 Å². The SMILES string of the molecule is CCc1ccsc1C(N)c1cccc(CC(C)C)c1. The predicted octanol–water partition coefficient (Wildman–Crippen LogP) is 4.56. The van der Waals surface area contributed by atoms with Crippen LogP contribution >= 0.6 is 11.3 Å². The van der Waals surface area contributed by atoms with Gasteiger partial charge in [0.1, 0.15) is 0 Å². The first-order valence-corrected chi connectivity index (χ1v) is 7.90. The fraction of sp³-hybridized carbons (Fsp3) is 0.412. The molecule has 0 amide bonds. The molecule has 0 aliphatic heterocycles. The molecule has 1 nitrogen and oxygen atoms in total. The van der Waals surface area contributed by atoms with Gasteiger partial charge in [-0.25, -0.2) is 0 Å². The van der Waals surface area contributed by atoms with E-state index in [1.165, 1.54) is 21.6 Å². The van der Waals surface area contributed by atoms with Gasteiger partial charge in [-0.2, -0.15) is 0 Å². The lowest BCUT2D eigenvalue weighted by Gasteiger charge is -2.14. The number of aryl methyl sites for hydroxylation is 1. The van der Waals surface area contributed by atoms with Crippen LogP contribution < -0.4 is 5.73 Å². The van der Waals surface area contributed by atoms with Gasteiger partial charge >= 0.3 is 0 Å². The molecule has 19 heavy (non-hydrogen) atoms. The fourth-order valence-electron chi connectivity index (χ4n) is 2.45. The first-order chi connectivity index (χ1) is 9.11. The van der Waals surface area contributed by atoms with E-state index in [1.54, 1.807) is 11.3 Å². The van der Waals surface area contributed by atoms with Crippen LogP contribution in [0.25, 0.3) is 0 Å². The Labute approximate surface area is 120 Å². The number of benzene rings is 1. The van der Waals surface area contributed by atoms with Crippen molar-refractivity contribution in [2.75, 3.05) is 0 Å². The minimum atomic E-state index is 0.0158. The lowest BCUT2D eigenvalue weighted by atomic mass is 9.97. The zero-order valence-corrected chi connectivity index (χ0v) is 12.8. The summed E-state index contributed by atoms with van der Waals surface area (Å²) in [6.45, 7) is 6.69. The molecule has 2 rings (SSSR count). The van der Waals surface area contributed by atoms with E-state index >= 15 is 0 Å². The van der Waals surface area contributed by atoms with Crippen LogP contribution in [0.4, 0.5) is 0 Å². The summed E-state index contributed by atoms with van der Waals surface area (Å²) >= 11 is 1.77. The van der Waals surface area contributed by atoms with E-state index < -0.39 is 0 Å². The maximum atomic E-state index is 6.45. The lowest BCUT2D eigenvalue weighted by molar-refractivity contribution is 0.646. The Hall–Kier alpha value is -1.12. The summed E-state index contributed by atoms with van der Waals surface area (Å²) in [7, 11) is 0. The minimum Gasteiger partial charge on any atom is -0.320 e. The van der Waals surface area contributed by atoms with E-state index in [0.717, 1.165) is 12.8 Å². The number of rotatable bonds is 5. The number of hydrogen-bond acceptors (Lipinski definition) is 2. The summed E-state index contributed by atoms with van der Waals surface area (Å²) in [5.74, 6) is 0.680. The summed E-state index contributed by atoms with van der Waals surface area (Å²) in [6, 6.07) is 11.0. The third kappa shape index (κ3) is 3.46. The van der Waals surface area contributed by atoms with E-state index in [9.17, 15) is 0 Å². The zero-order valence-electron chi connectivity index (χ0n) is 12.0. The molecule has 1 aromatic carbocycles. The van der Waals surface area contributed by atoms with Crippen LogP contribution in [-0.4, -0.2) is 0 Å². The number of nitrogens with two attached hydrogens (primary N) is 1. The quantitative estimate of drug-likeness (QED) is 0.849. The van der Waals surface area contributed by atoms with Gasteiger partial charge in [-0.05, 0) is 46.9 Å². The third-order valence-corrected chi connectivity index (χ3v) is 4.44. The van der Waals surface area contributed by atoms with E-state index in [2.05, 4.69) is 56.5 Å². The first kappa shape index (κ1) is 14.3. The van der Waals surface area contributed by atoms with Crippen molar-refractivity contribution in [2.45, 2.75) is 39.7 Å². The highest BCUT2D eigenvalue weighted by atomic mass is 32.1. The molecule has 102 valence electrons. The summed E-state index contributed by atoms with van der Waals surface area (Å²) in [5, 5.41) is 2.14. The highest BCUT2D eigenvalue weighted by Crippen LogP contribution is 2.29. The van der Waals surface area contributed by atoms with Crippen LogP contribution in [0.5, 0.6) is 0 Å². The largest absolute Gasteiger partial charge is 0.320 e. The van der Waals surface area contributed by atoms with Crippen molar-refractivity contribution < 1.29 is 0 Å². The number of hydrogen-bond donors (Lipinski definition) is 1. The molecule has 1 atom stereocenters. The Kier molecular flexibility index (Phi) is 4.78. The van der Waals surface area contributed by atoms with Crippen molar-refractivity contribution in [1.29, 1.82) is 0 Å². The van der Waals surface area contributed by atoms with Gasteiger partial charge in [-0.15, -0.1) is 11.3 Å². The highest BCUT2D eigenvalue weighted by molar-refractivity contribution is 7.10. The second kappa shape index (κ2) is 6.36. The molecule has 0 saturated carbocycles. The molecule has 0 fully saturated rings. The van der Waals surface area contributed by atoms with Crippen LogP contribution in [-0.2, 0) is 12.8 Å². The van der Waals surface area contributed by atoms with Crippen LogP contribution in [0, 0.1) is 5.92 Å². The van der Waals surface area contributed by atoms with Gasteiger partial charge < -0.3 is 5.73 Å². The Morgan fingerprint density at radius 2 is 2.00 bits per heavy atom. The number of thiophene rings is 1. The Balaban J connectivity index is 2.26. The molecule has 0 saturated heterocycles. The molecule has 0 aliphatic rings. The fourth-order valence-corrected chi connectivity index (χ4v) is 3.47. The van der Waals surface area contributed by atoms with Gasteiger partial charge in [0.05, 0.1) is 6.04 Å². The second-order valence-corrected chi connectivity index (χ2v) is 6.43. The molecule has 2 heteroatoms. The van der Waals surface area contributed by atoms with E-state index in [-0.39, 0.29) is 6.04 Å². The van der Waals surface area contributed by atoms with Crippen molar-refractivity contribution >= 4 is 11.3 Å². The minimum absolute atomic E-state index is 0.0158. The maximum absolute atomic E-state index is 6.45. The topological polar surface area (TPSA) is 26.0 Å². The molecule has 1 unspecified atom stereocenters. The van der Waals surface area contributed by atoms with Crippen molar-refractivity contribution in [3.05, 3.63) is 57.3 Å². The molecule has 0 bridgehead atoms. The van der Waals surface area contributed by atoms with E-state index in [4.69, 9.17) is 5.73 Å². The molecule has 2 aromatic rings. The monoisotopic (exact) mass is 273 g/mol. The Morgan fingerprint density at radius 1 is 1.21 bits per heavy atom. The first-order valence-electron chi connectivity index (χ1n) is 7.02. The molecule has 0 radical (unpaired) electrons. The molecule has 1 heterocycles. The molecule has 1 aromatic heterocycles. The lowest BCUT2D eigenvalue weighted by Crippen LogP contribution is -2.12. The van der Waals surface area contributed by atoms with Gasteiger partial charge in [0.2, 0.25) is 0 Å². The summed E-state index contributed by atoms with van der Waals surface area (Å²) in [4.78, 5) is 1.31. The van der Waals surface area contributed by atoms with Crippen LogP contribution in [0.2, 0.25) is 0 Å². The van der Waals surface area contributed by atoms with Gasteiger partial charge in [-0.1, -0.05) is 45.0 Å². The van der Waals surface area contributed by atoms with Gasteiger partial charge in [0.25, 0.3) is 0 Å². The van der Waals surface area contributed by atoms with E-state index in [1.807, 2.05) is 0 Å². The summed E-state index contributed by atoms with van der Waals surface area (Å²) in [6.07, 6.45) is 2.17. The predicted molar refractivity (Wildman–Crippen MR) is 84.7 cm³/mol. The van der Waals surface area contributed by atoms with Crippen LogP contribution in [0.15, 0.2) is 35.7 Å². The third-order valence-electron chi connectivity index (χ3n) is 3.40. The Morgan fingerprint density at radius 3 is 2.68 bits per heavy atom. The smallest absolute Gasteiger partial charge is 0.0648 e. The standard InChI is InChI=1S/C17H23NS/c1-4-14-8-9-19-17(14)16(18)15-7-5-6-13(11-15)10-12(2)3/h5-9,11-12,16H,4,10,18H2,1-3H3.